The fraction of sp³-hybridized carbons (Fsp3) is 0.476. The first-order valence-electron chi connectivity index (χ1n) is 19.3. The van der Waals surface area contributed by atoms with Crippen molar-refractivity contribution in [2.45, 2.75) is 103 Å². The van der Waals surface area contributed by atoms with E-state index in [2.05, 4.69) is 75.5 Å². The van der Waals surface area contributed by atoms with Crippen LogP contribution in [-0.2, 0) is 14.3 Å². The van der Waals surface area contributed by atoms with E-state index in [9.17, 15) is 14.4 Å². The fourth-order valence-corrected chi connectivity index (χ4v) is 9.02. The van der Waals surface area contributed by atoms with Gasteiger partial charge in [-0.05, 0) is 98.9 Å². The molecule has 284 valence electrons. The number of aromatic amines is 1. The zero-order valence-electron chi connectivity index (χ0n) is 31.9. The summed E-state index contributed by atoms with van der Waals surface area (Å²) in [6.45, 7) is 10.2. The first-order chi connectivity index (χ1) is 25.9. The summed E-state index contributed by atoms with van der Waals surface area (Å²) in [4.78, 5) is 51.1. The second-order valence-corrected chi connectivity index (χ2v) is 16.6. The minimum atomic E-state index is -0.657. The van der Waals surface area contributed by atoms with E-state index in [0.717, 1.165) is 82.5 Å². The number of H-pyrrole nitrogens is 1. The molecule has 4 aromatic rings. The number of imidazole rings is 1. The second-order valence-electron chi connectivity index (χ2n) is 16.6. The van der Waals surface area contributed by atoms with Crippen LogP contribution in [0, 0.1) is 11.8 Å². The number of nitrogens with zero attached hydrogens (tertiary/aromatic N) is 3. The number of hydrogen-bond acceptors (Lipinski definition) is 8. The van der Waals surface area contributed by atoms with E-state index < -0.39 is 17.7 Å². The van der Waals surface area contributed by atoms with Gasteiger partial charge >= 0.3 is 12.2 Å². The molecule has 1 aliphatic carbocycles. The van der Waals surface area contributed by atoms with E-state index in [4.69, 9.17) is 14.5 Å². The Bertz CT molecular complexity index is 2070. The first-order valence-corrected chi connectivity index (χ1v) is 19.3. The lowest BCUT2D eigenvalue weighted by atomic mass is 9.98. The minimum Gasteiger partial charge on any atom is -0.453 e. The number of carbonyl (C=O) groups is 3. The van der Waals surface area contributed by atoms with Crippen LogP contribution in [0.3, 0.4) is 0 Å². The van der Waals surface area contributed by atoms with Gasteiger partial charge in [0, 0.05) is 18.0 Å². The lowest BCUT2D eigenvalue weighted by Crippen LogP contribution is -2.56. The highest BCUT2D eigenvalue weighted by Gasteiger charge is 2.51. The lowest BCUT2D eigenvalue weighted by molar-refractivity contribution is -0.135. The summed E-state index contributed by atoms with van der Waals surface area (Å²) >= 11 is 0. The normalized spacial score (nSPS) is 23.6. The average molecular weight is 734 g/mol. The maximum Gasteiger partial charge on any atom is 0.411 e. The van der Waals surface area contributed by atoms with Gasteiger partial charge in [0.15, 0.2) is 0 Å². The van der Waals surface area contributed by atoms with Crippen molar-refractivity contribution in [2.75, 3.05) is 24.3 Å². The number of methoxy groups -OCH3 is 1. The highest BCUT2D eigenvalue weighted by molar-refractivity contribution is 6.03. The number of hydrogen-bond donors (Lipinski definition) is 4. The molecule has 0 radical (unpaired) electrons. The summed E-state index contributed by atoms with van der Waals surface area (Å²) in [7, 11) is 1.31. The van der Waals surface area contributed by atoms with Crippen LogP contribution in [-0.4, -0.2) is 81.4 Å². The van der Waals surface area contributed by atoms with E-state index in [1.54, 1.807) is 0 Å². The first kappa shape index (κ1) is 35.8. The molecule has 1 saturated carbocycles. The van der Waals surface area contributed by atoms with Crippen molar-refractivity contribution in [3.8, 4) is 22.4 Å². The van der Waals surface area contributed by atoms with Crippen molar-refractivity contribution in [3.63, 3.8) is 0 Å². The molecule has 12 heteroatoms. The molecule has 4 aliphatic rings. The summed E-state index contributed by atoms with van der Waals surface area (Å²) in [5.41, 5.74) is 5.67. The standard InChI is InChI=1S/C42H51N7O5/c1-23(2)34(47-40(51)53-6)39(50)48-19-7-8-33(48)37-44-31-18-15-27-20-26(14-17-30(27)35(31)46-37)24-9-11-25(12-10-24)32-22-43-38(45-32)36-28-13-16-29(21-28)49(36)41(52)54-42(3,4)5/h9-12,14-15,17-18,20,22-23,28-29,33-34,36-37,44,46H,7-8,13,16,19,21H2,1-6H3,(H,43,45)(H,47,51)/t28-,29+,33-,34-,36-,37?/m0/s1. The molecular formula is C42H51N7O5. The number of likely N-dealkylation sites (tertiary alicyclic amines) is 2. The molecule has 12 nitrogen and oxygen atoms in total. The topological polar surface area (TPSA) is 141 Å². The maximum absolute atomic E-state index is 13.7. The highest BCUT2D eigenvalue weighted by Crippen LogP contribution is 2.50. The van der Waals surface area contributed by atoms with Crippen LogP contribution >= 0.6 is 0 Å². The zero-order valence-corrected chi connectivity index (χ0v) is 31.9. The second kappa shape index (κ2) is 13.9. The van der Waals surface area contributed by atoms with Crippen molar-refractivity contribution < 1.29 is 23.9 Å². The number of piperidine rings is 1. The number of alkyl carbamates (subject to hydrolysis) is 1. The lowest BCUT2D eigenvalue weighted by Gasteiger charge is -2.35. The molecule has 4 heterocycles. The molecule has 3 amide bonds. The number of aromatic nitrogens is 2. The predicted octanol–water partition coefficient (Wildman–Crippen LogP) is 7.89. The van der Waals surface area contributed by atoms with Crippen LogP contribution in [0.5, 0.6) is 0 Å². The predicted molar refractivity (Wildman–Crippen MR) is 209 cm³/mol. The quantitative estimate of drug-likeness (QED) is 0.150. The summed E-state index contributed by atoms with van der Waals surface area (Å²) in [5.74, 6) is 1.04. The van der Waals surface area contributed by atoms with Gasteiger partial charge in [0.2, 0.25) is 5.91 Å². The van der Waals surface area contributed by atoms with Crippen LogP contribution in [0.2, 0.25) is 0 Å². The van der Waals surface area contributed by atoms with Gasteiger partial charge in [-0.25, -0.2) is 14.6 Å². The smallest absolute Gasteiger partial charge is 0.411 e. The Kier molecular flexibility index (Phi) is 9.18. The molecule has 1 aromatic heterocycles. The molecule has 4 N–H and O–H groups in total. The molecule has 0 spiro atoms. The third-order valence-electron chi connectivity index (χ3n) is 11.6. The zero-order chi connectivity index (χ0) is 37.9. The van der Waals surface area contributed by atoms with Gasteiger partial charge in [0.05, 0.1) is 42.5 Å². The van der Waals surface area contributed by atoms with Crippen LogP contribution < -0.4 is 16.0 Å². The van der Waals surface area contributed by atoms with Crippen LogP contribution in [0.1, 0.15) is 78.6 Å². The summed E-state index contributed by atoms with van der Waals surface area (Å²) < 4.78 is 10.6. The number of anilines is 2. The Balaban J connectivity index is 0.966. The molecule has 3 fully saturated rings. The van der Waals surface area contributed by atoms with Crippen LogP contribution in [0.15, 0.2) is 60.8 Å². The van der Waals surface area contributed by atoms with Gasteiger partial charge in [-0.2, -0.15) is 0 Å². The molecule has 8 rings (SSSR count). The Hall–Kier alpha value is -5.26. The number of fused-ring (bicyclic) bond motifs is 5. The number of benzene rings is 3. The molecule has 1 unspecified atom stereocenters. The largest absolute Gasteiger partial charge is 0.453 e. The van der Waals surface area contributed by atoms with Crippen LogP contribution in [0.25, 0.3) is 33.2 Å². The summed E-state index contributed by atoms with van der Waals surface area (Å²) in [6, 6.07) is 18.6. The van der Waals surface area contributed by atoms with Gasteiger partial charge in [0.1, 0.15) is 23.6 Å². The van der Waals surface area contributed by atoms with E-state index in [1.807, 2.05) is 50.6 Å². The Morgan fingerprint density at radius 2 is 1.70 bits per heavy atom. The van der Waals surface area contributed by atoms with E-state index >= 15 is 0 Å². The van der Waals surface area contributed by atoms with Crippen molar-refractivity contribution in [1.29, 1.82) is 0 Å². The van der Waals surface area contributed by atoms with Crippen LogP contribution in [0.4, 0.5) is 21.0 Å². The monoisotopic (exact) mass is 733 g/mol. The SMILES string of the molecule is COC(=O)N[C@H](C(=O)N1CCC[C@H]1C1Nc2ccc3cc(-c4ccc(-c5cnc([C@@H]6[C@H]7CC[C@H](C7)N6C(=O)OC(C)(C)C)[nH]5)cc4)ccc3c2N1)C(C)C. The molecule has 2 saturated heterocycles. The summed E-state index contributed by atoms with van der Waals surface area (Å²) in [5, 5.41) is 12.3. The average Bonchev–Trinajstić information content (AvgIpc) is 4.00. The van der Waals surface area contributed by atoms with E-state index in [0.29, 0.717) is 12.5 Å². The van der Waals surface area contributed by atoms with Gasteiger partial charge in [-0.1, -0.05) is 56.3 Å². The molecule has 3 aromatic carbocycles. The number of carbonyl (C=O) groups excluding carboxylic acids is 3. The summed E-state index contributed by atoms with van der Waals surface area (Å²) in [6.07, 6.45) is 5.72. The van der Waals surface area contributed by atoms with Crippen molar-refractivity contribution in [3.05, 3.63) is 66.6 Å². The van der Waals surface area contributed by atoms with Crippen molar-refractivity contribution in [1.82, 2.24) is 25.1 Å². The Labute approximate surface area is 316 Å². The number of rotatable bonds is 7. The molecule has 2 bridgehead atoms. The molecular weight excluding hydrogens is 683 g/mol. The Morgan fingerprint density at radius 3 is 2.44 bits per heavy atom. The minimum absolute atomic E-state index is 0.0680. The molecule has 6 atom stereocenters. The Morgan fingerprint density at radius 1 is 0.944 bits per heavy atom. The van der Waals surface area contributed by atoms with Gasteiger partial charge < -0.3 is 35.3 Å². The maximum atomic E-state index is 13.7. The van der Waals surface area contributed by atoms with E-state index in [1.165, 1.54) is 7.11 Å². The fourth-order valence-electron chi connectivity index (χ4n) is 9.02. The van der Waals surface area contributed by atoms with Gasteiger partial charge in [0.25, 0.3) is 0 Å². The van der Waals surface area contributed by atoms with Gasteiger partial charge in [-0.15, -0.1) is 0 Å². The van der Waals surface area contributed by atoms with Gasteiger partial charge in [-0.3, -0.25) is 9.69 Å². The van der Waals surface area contributed by atoms with E-state index in [-0.39, 0.29) is 42.2 Å². The molecule has 54 heavy (non-hydrogen) atoms. The number of nitrogens with one attached hydrogen (secondary N) is 4. The number of ether oxygens (including phenoxy) is 2. The number of amides is 3. The third kappa shape index (κ3) is 6.60. The molecule has 3 aliphatic heterocycles. The third-order valence-corrected chi connectivity index (χ3v) is 11.6. The highest BCUT2D eigenvalue weighted by atomic mass is 16.6. The van der Waals surface area contributed by atoms with Crippen molar-refractivity contribution >= 4 is 40.2 Å². The van der Waals surface area contributed by atoms with Crippen molar-refractivity contribution in [2.24, 2.45) is 11.8 Å².